The maximum atomic E-state index is 13.5. The van der Waals surface area contributed by atoms with Crippen LogP contribution in [0.15, 0.2) is 48.5 Å². The van der Waals surface area contributed by atoms with E-state index < -0.39 is 0 Å². The van der Waals surface area contributed by atoms with Crippen LogP contribution in [0.25, 0.3) is 0 Å². The van der Waals surface area contributed by atoms with Gasteiger partial charge in [-0.3, -0.25) is 0 Å². The van der Waals surface area contributed by atoms with Crippen molar-refractivity contribution >= 4 is 23.5 Å². The van der Waals surface area contributed by atoms with Crippen molar-refractivity contribution in [1.29, 1.82) is 0 Å². The number of hydrogen-bond donors (Lipinski definition) is 3. The Hall–Kier alpha value is -2.47. The molecule has 6 heteroatoms. The Bertz CT molecular complexity index is 661. The van der Waals surface area contributed by atoms with E-state index in [0.29, 0.717) is 11.3 Å². The Kier molecular flexibility index (Phi) is 5.22. The Morgan fingerprint density at radius 1 is 1.24 bits per heavy atom. The fourth-order valence-corrected chi connectivity index (χ4v) is 1.75. The first-order valence-electron chi connectivity index (χ1n) is 6.26. The van der Waals surface area contributed by atoms with Crippen LogP contribution in [0.1, 0.15) is 11.1 Å². The molecule has 0 fully saturated rings. The van der Waals surface area contributed by atoms with Gasteiger partial charge in [-0.1, -0.05) is 30.3 Å². The second-order valence-corrected chi connectivity index (χ2v) is 4.64. The number of benzene rings is 2. The molecule has 2 aromatic carbocycles. The number of hydrazine groups is 1. The van der Waals surface area contributed by atoms with Crippen molar-refractivity contribution in [2.45, 2.75) is 6.61 Å². The second-order valence-electron chi connectivity index (χ2n) is 4.20. The van der Waals surface area contributed by atoms with Crippen LogP contribution in [-0.4, -0.2) is 11.3 Å². The molecule has 0 bridgehead atoms. The molecule has 0 saturated heterocycles. The summed E-state index contributed by atoms with van der Waals surface area (Å²) in [5, 5.41) is 2.89. The highest BCUT2D eigenvalue weighted by atomic mass is 32.1. The lowest BCUT2D eigenvalue weighted by Gasteiger charge is -2.08. The summed E-state index contributed by atoms with van der Waals surface area (Å²) < 4.78 is 19.2. The molecule has 0 aromatic heterocycles. The van der Waals surface area contributed by atoms with E-state index in [-0.39, 0.29) is 17.5 Å². The van der Waals surface area contributed by atoms with Gasteiger partial charge in [-0.25, -0.2) is 4.39 Å². The van der Waals surface area contributed by atoms with Crippen LogP contribution >= 0.6 is 12.2 Å². The summed E-state index contributed by atoms with van der Waals surface area (Å²) in [6.07, 6.45) is 1.66. The number of para-hydroxylation sites is 1. The van der Waals surface area contributed by atoms with E-state index in [0.717, 1.165) is 5.56 Å². The van der Waals surface area contributed by atoms with Gasteiger partial charge in [-0.15, -0.1) is 10.5 Å². The molecular formula is C15H15FN3OS+. The molecule has 0 atom stereocenters. The third kappa shape index (κ3) is 4.54. The highest BCUT2D eigenvalue weighted by Gasteiger charge is 2.06. The average Bonchev–Trinajstić information content (AvgIpc) is 2.47. The molecule has 0 radical (unpaired) electrons. The lowest BCUT2D eigenvalue weighted by Crippen LogP contribution is -2.82. The van der Waals surface area contributed by atoms with Gasteiger partial charge in [0, 0.05) is 5.56 Å². The zero-order chi connectivity index (χ0) is 15.1. The Morgan fingerprint density at radius 3 is 2.71 bits per heavy atom. The van der Waals surface area contributed by atoms with E-state index in [1.807, 2.05) is 18.2 Å². The van der Waals surface area contributed by atoms with Gasteiger partial charge in [0.1, 0.15) is 18.2 Å². The van der Waals surface area contributed by atoms with Crippen molar-refractivity contribution in [3.63, 3.8) is 0 Å². The minimum Gasteiger partial charge on any atom is -0.488 e. The summed E-state index contributed by atoms with van der Waals surface area (Å²) >= 11 is 4.68. The van der Waals surface area contributed by atoms with Gasteiger partial charge in [-0.05, 0) is 30.4 Å². The zero-order valence-corrected chi connectivity index (χ0v) is 12.0. The SMILES string of the molecule is NC(=S)N[NH+]=Cc1ccccc1OCc1ccccc1F. The van der Waals surface area contributed by atoms with Gasteiger partial charge in [0.15, 0.2) is 0 Å². The normalized spacial score (nSPS) is 10.5. The largest absolute Gasteiger partial charge is 0.488 e. The van der Waals surface area contributed by atoms with Crippen molar-refractivity contribution < 1.29 is 14.2 Å². The van der Waals surface area contributed by atoms with Crippen LogP contribution in [-0.2, 0) is 6.61 Å². The number of nitrogens with one attached hydrogen (secondary N) is 2. The molecule has 0 aliphatic rings. The third-order valence-corrected chi connectivity index (χ3v) is 2.79. The average molecular weight is 304 g/mol. The van der Waals surface area contributed by atoms with Crippen LogP contribution < -0.4 is 21.0 Å². The number of ether oxygens (including phenoxy) is 1. The lowest BCUT2D eigenvalue weighted by atomic mass is 10.2. The molecule has 0 aliphatic carbocycles. The van der Waals surface area contributed by atoms with E-state index in [1.54, 1.807) is 30.5 Å². The number of thiocarbonyl (C=S) groups is 1. The number of rotatable bonds is 5. The fraction of sp³-hybridized carbons (Fsp3) is 0.0667. The maximum Gasteiger partial charge on any atom is 0.221 e. The Morgan fingerprint density at radius 2 is 1.95 bits per heavy atom. The molecule has 0 amide bonds. The standard InChI is InChI=1S/C15H14FN3OS/c16-13-7-3-1-6-12(13)10-20-14-8-4-2-5-11(14)9-18-19-15(17)21/h1-9H,10H2,(H3,17,19,21)/p+1. The van der Waals surface area contributed by atoms with Crippen LogP contribution in [0.4, 0.5) is 4.39 Å². The van der Waals surface area contributed by atoms with Gasteiger partial charge in [-0.2, -0.15) is 0 Å². The summed E-state index contributed by atoms with van der Waals surface area (Å²) in [7, 11) is 0. The van der Waals surface area contributed by atoms with Crippen molar-refractivity contribution in [2.75, 3.05) is 0 Å². The van der Waals surface area contributed by atoms with Gasteiger partial charge in [0.2, 0.25) is 11.3 Å². The molecule has 21 heavy (non-hydrogen) atoms. The van der Waals surface area contributed by atoms with E-state index >= 15 is 0 Å². The van der Waals surface area contributed by atoms with Gasteiger partial charge >= 0.3 is 0 Å². The van der Waals surface area contributed by atoms with Crippen LogP contribution in [0.5, 0.6) is 5.75 Å². The van der Waals surface area contributed by atoms with Crippen molar-refractivity contribution in [3.8, 4) is 5.75 Å². The predicted octanol–water partition coefficient (Wildman–Crippen LogP) is 0.652. The van der Waals surface area contributed by atoms with Gasteiger partial charge in [0.05, 0.1) is 5.56 Å². The predicted molar refractivity (Wildman–Crippen MR) is 83.2 cm³/mol. The fourth-order valence-electron chi connectivity index (χ4n) is 1.69. The first-order valence-corrected chi connectivity index (χ1v) is 6.67. The van der Waals surface area contributed by atoms with E-state index in [9.17, 15) is 4.39 Å². The zero-order valence-electron chi connectivity index (χ0n) is 11.2. The molecular weight excluding hydrogens is 289 g/mol. The molecule has 0 heterocycles. The molecule has 4 nitrogen and oxygen atoms in total. The van der Waals surface area contributed by atoms with E-state index in [4.69, 9.17) is 10.5 Å². The molecule has 0 saturated carbocycles. The molecule has 108 valence electrons. The summed E-state index contributed by atoms with van der Waals surface area (Å²) in [5.41, 5.74) is 9.19. The molecule has 2 rings (SSSR count). The van der Waals surface area contributed by atoms with Crippen molar-refractivity contribution in [3.05, 3.63) is 65.5 Å². The smallest absolute Gasteiger partial charge is 0.221 e. The molecule has 4 N–H and O–H groups in total. The minimum atomic E-state index is -0.285. The number of halogens is 1. The van der Waals surface area contributed by atoms with Crippen LogP contribution in [0.3, 0.4) is 0 Å². The topological polar surface area (TPSA) is 61.2 Å². The second kappa shape index (κ2) is 7.35. The first-order chi connectivity index (χ1) is 10.2. The van der Waals surface area contributed by atoms with E-state index in [2.05, 4.69) is 22.7 Å². The third-order valence-electron chi connectivity index (χ3n) is 2.68. The highest BCUT2D eigenvalue weighted by Crippen LogP contribution is 2.17. The van der Waals surface area contributed by atoms with Crippen LogP contribution in [0.2, 0.25) is 0 Å². The Labute approximate surface area is 127 Å². The number of hydrogen-bond acceptors (Lipinski definition) is 2. The highest BCUT2D eigenvalue weighted by molar-refractivity contribution is 7.80. The lowest BCUT2D eigenvalue weighted by molar-refractivity contribution is -0.499. The van der Waals surface area contributed by atoms with Gasteiger partial charge in [0.25, 0.3) is 0 Å². The number of nitrogens with two attached hydrogens (primary N) is 1. The first kappa shape index (κ1) is 14.9. The summed E-state index contributed by atoms with van der Waals surface area (Å²) in [6, 6.07) is 13.9. The monoisotopic (exact) mass is 304 g/mol. The minimum absolute atomic E-state index is 0.135. The molecule has 2 aromatic rings. The molecule has 0 aliphatic heterocycles. The molecule has 0 unspecified atom stereocenters. The summed E-state index contributed by atoms with van der Waals surface area (Å²) in [5.74, 6) is 0.338. The van der Waals surface area contributed by atoms with Gasteiger partial charge < -0.3 is 10.5 Å². The summed E-state index contributed by atoms with van der Waals surface area (Å²) in [6.45, 7) is 0.153. The number of hydrazone groups is 1. The Balaban J connectivity index is 2.08. The van der Waals surface area contributed by atoms with Crippen molar-refractivity contribution in [2.24, 2.45) is 5.73 Å². The summed E-state index contributed by atoms with van der Waals surface area (Å²) in [4.78, 5) is 0. The maximum absolute atomic E-state index is 13.5. The van der Waals surface area contributed by atoms with Crippen molar-refractivity contribution in [1.82, 2.24) is 5.43 Å². The quantitative estimate of drug-likeness (QED) is 0.431. The van der Waals surface area contributed by atoms with E-state index in [1.165, 1.54) is 6.07 Å². The van der Waals surface area contributed by atoms with Crippen LogP contribution in [0, 0.1) is 5.82 Å². The molecule has 0 spiro atoms.